The zero-order valence-electron chi connectivity index (χ0n) is 8.12. The van der Waals surface area contributed by atoms with Gasteiger partial charge in [-0.05, 0) is 19.8 Å². The van der Waals surface area contributed by atoms with Crippen molar-refractivity contribution in [2.24, 2.45) is 0 Å². The minimum atomic E-state index is -3.48. The molecular weight excluding hydrogens is 204 g/mol. The Labute approximate surface area is 84.1 Å². The van der Waals surface area contributed by atoms with E-state index in [-0.39, 0.29) is 0 Å². The van der Waals surface area contributed by atoms with Crippen molar-refractivity contribution in [1.82, 2.24) is 4.72 Å². The summed E-state index contributed by atoms with van der Waals surface area (Å²) in [6.45, 7) is 2.84. The van der Waals surface area contributed by atoms with Crippen molar-refractivity contribution in [2.45, 2.75) is 25.3 Å². The minimum absolute atomic E-state index is 0.373. The average molecular weight is 218 g/mol. The smallest absolute Gasteiger partial charge is 0.225 e. The highest BCUT2D eigenvalue weighted by Gasteiger charge is 2.31. The Morgan fingerprint density at radius 2 is 2.36 bits per heavy atom. The van der Waals surface area contributed by atoms with Crippen LogP contribution in [-0.4, -0.2) is 32.9 Å². The Kier molecular flexibility index (Phi) is 3.48. The van der Waals surface area contributed by atoms with Crippen LogP contribution in [-0.2, 0) is 14.8 Å². The molecule has 0 bridgehead atoms. The first kappa shape index (κ1) is 11.4. The molecular formula is C8H14N2O3S. The molecule has 0 aromatic rings. The van der Waals surface area contributed by atoms with Crippen LogP contribution in [0, 0.1) is 11.3 Å². The molecule has 80 valence electrons. The molecule has 0 amide bonds. The van der Waals surface area contributed by atoms with Gasteiger partial charge in [-0.25, -0.2) is 13.1 Å². The van der Waals surface area contributed by atoms with Crippen molar-refractivity contribution in [2.75, 3.05) is 19.0 Å². The minimum Gasteiger partial charge on any atom is -0.380 e. The highest BCUT2D eigenvalue weighted by atomic mass is 32.2. The number of nitrogens with zero attached hydrogens (tertiary/aromatic N) is 1. The molecule has 1 heterocycles. The number of rotatable bonds is 3. The van der Waals surface area contributed by atoms with Gasteiger partial charge in [0.1, 0.15) is 0 Å². The lowest BCUT2D eigenvalue weighted by Gasteiger charge is -2.33. The standard InChI is InChI=1S/C8H14N2O3S/c1-8(3-2-5-13-7-8)10-14(11,12)6-4-9/h10H,2-3,5-7H2,1H3. The lowest BCUT2D eigenvalue weighted by molar-refractivity contribution is 0.0387. The molecule has 1 aliphatic rings. The van der Waals surface area contributed by atoms with Crippen molar-refractivity contribution >= 4 is 10.0 Å². The van der Waals surface area contributed by atoms with Crippen LogP contribution in [0.5, 0.6) is 0 Å². The maximum atomic E-state index is 11.3. The number of nitriles is 1. The van der Waals surface area contributed by atoms with Crippen molar-refractivity contribution in [3.63, 3.8) is 0 Å². The van der Waals surface area contributed by atoms with Gasteiger partial charge >= 0.3 is 0 Å². The van der Waals surface area contributed by atoms with Gasteiger partial charge in [0.2, 0.25) is 10.0 Å². The number of sulfonamides is 1. The van der Waals surface area contributed by atoms with E-state index < -0.39 is 21.3 Å². The molecule has 1 unspecified atom stereocenters. The van der Waals surface area contributed by atoms with Crippen LogP contribution in [0.2, 0.25) is 0 Å². The monoisotopic (exact) mass is 218 g/mol. The van der Waals surface area contributed by atoms with E-state index >= 15 is 0 Å². The van der Waals surface area contributed by atoms with Crippen LogP contribution in [0.4, 0.5) is 0 Å². The Morgan fingerprint density at radius 1 is 1.64 bits per heavy atom. The van der Waals surface area contributed by atoms with Crippen LogP contribution in [0.15, 0.2) is 0 Å². The van der Waals surface area contributed by atoms with E-state index in [9.17, 15) is 8.42 Å². The highest BCUT2D eigenvalue weighted by Crippen LogP contribution is 2.19. The van der Waals surface area contributed by atoms with Crippen LogP contribution < -0.4 is 4.72 Å². The van der Waals surface area contributed by atoms with Gasteiger partial charge in [0.25, 0.3) is 0 Å². The third kappa shape index (κ3) is 3.25. The van der Waals surface area contributed by atoms with Gasteiger partial charge < -0.3 is 4.74 Å². The van der Waals surface area contributed by atoms with Crippen molar-refractivity contribution in [1.29, 1.82) is 5.26 Å². The third-order valence-corrected chi connectivity index (χ3v) is 3.41. The normalized spacial score (nSPS) is 28.3. The SMILES string of the molecule is CC1(NS(=O)(=O)CC#N)CCCOC1. The summed E-state index contributed by atoms with van der Waals surface area (Å²) in [6, 6.07) is 1.62. The van der Waals surface area contributed by atoms with E-state index in [1.165, 1.54) is 0 Å². The molecule has 0 aliphatic carbocycles. The average Bonchev–Trinajstić information content (AvgIpc) is 2.02. The first-order chi connectivity index (χ1) is 6.47. The van der Waals surface area contributed by atoms with E-state index in [1.54, 1.807) is 13.0 Å². The molecule has 0 aromatic heterocycles. The van der Waals surface area contributed by atoms with Gasteiger partial charge in [-0.2, -0.15) is 5.26 Å². The quantitative estimate of drug-likeness (QED) is 0.723. The van der Waals surface area contributed by atoms with Gasteiger partial charge in [0.15, 0.2) is 5.75 Å². The van der Waals surface area contributed by atoms with Gasteiger partial charge in [-0.3, -0.25) is 0 Å². The van der Waals surface area contributed by atoms with Gasteiger partial charge in [0, 0.05) is 6.61 Å². The summed E-state index contributed by atoms with van der Waals surface area (Å²) in [7, 11) is -3.48. The van der Waals surface area contributed by atoms with E-state index in [2.05, 4.69) is 4.72 Å². The third-order valence-electron chi connectivity index (χ3n) is 2.09. The van der Waals surface area contributed by atoms with E-state index in [1.807, 2.05) is 0 Å². The Balaban J connectivity index is 2.62. The molecule has 14 heavy (non-hydrogen) atoms. The van der Waals surface area contributed by atoms with Gasteiger partial charge in [0.05, 0.1) is 18.2 Å². The zero-order chi connectivity index (χ0) is 10.7. The topological polar surface area (TPSA) is 79.2 Å². The Hall–Kier alpha value is -0.640. The molecule has 1 atom stereocenters. The summed E-state index contributed by atoms with van der Waals surface area (Å²) in [5.41, 5.74) is -0.548. The second kappa shape index (κ2) is 4.26. The second-order valence-electron chi connectivity index (χ2n) is 3.74. The fourth-order valence-corrected chi connectivity index (χ4v) is 2.66. The largest absolute Gasteiger partial charge is 0.380 e. The Bertz CT molecular complexity index is 325. The molecule has 1 rings (SSSR count). The molecule has 1 saturated heterocycles. The summed E-state index contributed by atoms with van der Waals surface area (Å²) < 4.78 is 30.3. The molecule has 1 N–H and O–H groups in total. The zero-order valence-corrected chi connectivity index (χ0v) is 8.93. The lowest BCUT2D eigenvalue weighted by atomic mass is 9.97. The fourth-order valence-electron chi connectivity index (χ4n) is 1.51. The predicted octanol–water partition coefficient (Wildman–Crippen LogP) is -0.00152. The molecule has 0 aromatic carbocycles. The predicted molar refractivity (Wildman–Crippen MR) is 51.0 cm³/mol. The lowest BCUT2D eigenvalue weighted by Crippen LogP contribution is -2.51. The molecule has 5 nitrogen and oxygen atoms in total. The first-order valence-corrected chi connectivity index (χ1v) is 6.09. The van der Waals surface area contributed by atoms with E-state index in [4.69, 9.17) is 10.00 Å². The van der Waals surface area contributed by atoms with Gasteiger partial charge in [-0.15, -0.1) is 0 Å². The molecule has 1 aliphatic heterocycles. The van der Waals surface area contributed by atoms with Gasteiger partial charge in [-0.1, -0.05) is 0 Å². The van der Waals surface area contributed by atoms with Crippen LogP contribution in [0.1, 0.15) is 19.8 Å². The van der Waals surface area contributed by atoms with Crippen molar-refractivity contribution in [3.05, 3.63) is 0 Å². The Morgan fingerprint density at radius 3 is 2.86 bits per heavy atom. The van der Waals surface area contributed by atoms with E-state index in [0.29, 0.717) is 13.2 Å². The number of ether oxygens (including phenoxy) is 1. The summed E-state index contributed by atoms with van der Waals surface area (Å²) in [5, 5.41) is 8.31. The van der Waals surface area contributed by atoms with Crippen molar-refractivity contribution < 1.29 is 13.2 Å². The summed E-state index contributed by atoms with van der Waals surface area (Å²) in [5.74, 6) is -0.497. The first-order valence-electron chi connectivity index (χ1n) is 4.44. The summed E-state index contributed by atoms with van der Waals surface area (Å²) in [4.78, 5) is 0. The van der Waals surface area contributed by atoms with E-state index in [0.717, 1.165) is 12.8 Å². The van der Waals surface area contributed by atoms with Crippen molar-refractivity contribution in [3.8, 4) is 6.07 Å². The highest BCUT2D eigenvalue weighted by molar-refractivity contribution is 7.89. The molecule has 0 radical (unpaired) electrons. The van der Waals surface area contributed by atoms with Crippen LogP contribution in [0.25, 0.3) is 0 Å². The number of hydrogen-bond donors (Lipinski definition) is 1. The molecule has 1 fully saturated rings. The molecule has 0 saturated carbocycles. The summed E-state index contributed by atoms with van der Waals surface area (Å²) in [6.07, 6.45) is 1.59. The van der Waals surface area contributed by atoms with Crippen LogP contribution >= 0.6 is 0 Å². The van der Waals surface area contributed by atoms with Crippen LogP contribution in [0.3, 0.4) is 0 Å². The number of nitrogens with one attached hydrogen (secondary N) is 1. The molecule has 0 spiro atoms. The number of hydrogen-bond acceptors (Lipinski definition) is 4. The second-order valence-corrected chi connectivity index (χ2v) is 5.46. The molecule has 6 heteroatoms. The summed E-state index contributed by atoms with van der Waals surface area (Å²) >= 11 is 0. The fraction of sp³-hybridized carbons (Fsp3) is 0.875. The maximum Gasteiger partial charge on any atom is 0.225 e. The maximum absolute atomic E-state index is 11.3.